The summed E-state index contributed by atoms with van der Waals surface area (Å²) in [7, 11) is 0. The summed E-state index contributed by atoms with van der Waals surface area (Å²) in [6.45, 7) is 10.6. The zero-order chi connectivity index (χ0) is 14.2. The van der Waals surface area contributed by atoms with E-state index in [1.165, 1.54) is 38.5 Å². The number of rotatable bonds is 0. The summed E-state index contributed by atoms with van der Waals surface area (Å²) in [5, 5.41) is 0. The van der Waals surface area contributed by atoms with Gasteiger partial charge in [-0.15, -0.1) is 0 Å². The third-order valence-corrected chi connectivity index (χ3v) is 7.39. The molecule has 4 aliphatic rings. The summed E-state index contributed by atoms with van der Waals surface area (Å²) in [5.41, 5.74) is 0.920. The van der Waals surface area contributed by atoms with Crippen molar-refractivity contribution in [3.05, 3.63) is 0 Å². The molecule has 2 aliphatic carbocycles. The Hall–Kier alpha value is -0.0800. The van der Waals surface area contributed by atoms with E-state index in [2.05, 4.69) is 27.7 Å². The van der Waals surface area contributed by atoms with Crippen molar-refractivity contribution in [2.75, 3.05) is 6.61 Å². The second-order valence-electron chi connectivity index (χ2n) is 9.18. The molecule has 20 heavy (non-hydrogen) atoms. The Kier molecular flexibility index (Phi) is 2.59. The molecule has 2 heteroatoms. The highest BCUT2D eigenvalue weighted by Crippen LogP contribution is 2.67. The van der Waals surface area contributed by atoms with Gasteiger partial charge in [-0.1, -0.05) is 27.2 Å². The Balaban J connectivity index is 1.73. The van der Waals surface area contributed by atoms with Gasteiger partial charge >= 0.3 is 0 Å². The zero-order valence-electron chi connectivity index (χ0n) is 13.6. The monoisotopic (exact) mass is 278 g/mol. The molecular formula is C18H30O2. The van der Waals surface area contributed by atoms with Crippen LogP contribution in [0.2, 0.25) is 0 Å². The molecule has 0 aromatic carbocycles. The number of fused-ring (bicyclic) bond motifs is 3. The zero-order valence-corrected chi connectivity index (χ0v) is 13.6. The molecule has 1 spiro atoms. The van der Waals surface area contributed by atoms with Crippen LogP contribution in [0.5, 0.6) is 0 Å². The van der Waals surface area contributed by atoms with E-state index in [4.69, 9.17) is 9.47 Å². The lowest BCUT2D eigenvalue weighted by Gasteiger charge is -2.62. The van der Waals surface area contributed by atoms with E-state index in [0.29, 0.717) is 16.7 Å². The number of hydrogen-bond acceptors (Lipinski definition) is 2. The van der Waals surface area contributed by atoms with Crippen molar-refractivity contribution < 1.29 is 9.47 Å². The number of ether oxygens (including phenoxy) is 2. The Bertz CT molecular complexity index is 431. The van der Waals surface area contributed by atoms with E-state index in [1.54, 1.807) is 0 Å². The third kappa shape index (κ3) is 1.58. The summed E-state index contributed by atoms with van der Waals surface area (Å²) in [5.74, 6) is 1.23. The molecule has 0 aromatic heterocycles. The second kappa shape index (κ2) is 3.81. The van der Waals surface area contributed by atoms with Gasteiger partial charge < -0.3 is 9.47 Å². The van der Waals surface area contributed by atoms with Crippen LogP contribution in [0, 0.1) is 22.7 Å². The highest BCUT2D eigenvalue weighted by Gasteiger charge is 2.66. The summed E-state index contributed by atoms with van der Waals surface area (Å²) < 4.78 is 12.9. The molecule has 2 aliphatic heterocycles. The van der Waals surface area contributed by atoms with Crippen molar-refractivity contribution in [3.8, 4) is 0 Å². The maximum absolute atomic E-state index is 6.54. The van der Waals surface area contributed by atoms with E-state index in [0.717, 1.165) is 18.9 Å². The minimum atomic E-state index is -0.230. The van der Waals surface area contributed by atoms with Crippen LogP contribution in [0.4, 0.5) is 0 Å². The third-order valence-electron chi connectivity index (χ3n) is 7.39. The molecule has 4 rings (SSSR count). The lowest BCUT2D eigenvalue weighted by atomic mass is 9.46. The van der Waals surface area contributed by atoms with Gasteiger partial charge in [-0.2, -0.15) is 0 Å². The van der Waals surface area contributed by atoms with Crippen molar-refractivity contribution in [2.24, 2.45) is 22.7 Å². The summed E-state index contributed by atoms with van der Waals surface area (Å²) >= 11 is 0. The van der Waals surface area contributed by atoms with E-state index >= 15 is 0 Å². The van der Waals surface area contributed by atoms with Crippen LogP contribution in [0.25, 0.3) is 0 Å². The average Bonchev–Trinajstić information content (AvgIpc) is 2.58. The van der Waals surface area contributed by atoms with Crippen molar-refractivity contribution in [3.63, 3.8) is 0 Å². The topological polar surface area (TPSA) is 18.5 Å². The first kappa shape index (κ1) is 13.6. The van der Waals surface area contributed by atoms with Crippen LogP contribution in [0.3, 0.4) is 0 Å². The Morgan fingerprint density at radius 2 is 1.60 bits per heavy atom. The van der Waals surface area contributed by atoms with Gasteiger partial charge in [-0.3, -0.25) is 0 Å². The van der Waals surface area contributed by atoms with Gasteiger partial charge in [0.2, 0.25) is 0 Å². The van der Waals surface area contributed by atoms with E-state index in [1.807, 2.05) is 0 Å². The van der Waals surface area contributed by atoms with E-state index in [-0.39, 0.29) is 11.4 Å². The predicted molar refractivity (Wildman–Crippen MR) is 79.4 cm³/mol. The molecule has 5 unspecified atom stereocenters. The Morgan fingerprint density at radius 1 is 0.850 bits per heavy atom. The van der Waals surface area contributed by atoms with Gasteiger partial charge in [0.1, 0.15) is 0 Å². The van der Waals surface area contributed by atoms with Crippen LogP contribution < -0.4 is 0 Å². The van der Waals surface area contributed by atoms with Gasteiger partial charge in [0.15, 0.2) is 5.79 Å². The molecule has 4 fully saturated rings. The van der Waals surface area contributed by atoms with Crippen LogP contribution in [-0.4, -0.2) is 18.0 Å². The van der Waals surface area contributed by atoms with Gasteiger partial charge in [0.25, 0.3) is 0 Å². The summed E-state index contributed by atoms with van der Waals surface area (Å²) in [6.07, 6.45) is 9.04. The van der Waals surface area contributed by atoms with Crippen molar-refractivity contribution >= 4 is 0 Å². The molecule has 0 aromatic rings. The molecule has 0 amide bonds. The number of hydrogen-bond donors (Lipinski definition) is 0. The molecule has 2 saturated carbocycles. The normalized spacial score (nSPS) is 57.0. The maximum Gasteiger partial charge on any atom is 0.172 e. The minimum Gasteiger partial charge on any atom is -0.347 e. The van der Waals surface area contributed by atoms with Crippen LogP contribution >= 0.6 is 0 Å². The fourth-order valence-electron chi connectivity index (χ4n) is 6.49. The lowest BCUT2D eigenvalue weighted by Crippen LogP contribution is -2.61. The molecule has 0 radical (unpaired) electrons. The van der Waals surface area contributed by atoms with Crippen molar-refractivity contribution in [2.45, 2.75) is 84.0 Å². The molecule has 2 saturated heterocycles. The predicted octanol–water partition coefficient (Wildman–Crippen LogP) is 4.52. The molecule has 0 N–H and O–H groups in total. The molecule has 2 heterocycles. The SMILES string of the molecule is CC12CCC3C(CCC4C(C)(C)CCCC43C)(OC1)O2. The summed E-state index contributed by atoms with van der Waals surface area (Å²) in [6, 6.07) is 0. The van der Waals surface area contributed by atoms with Crippen LogP contribution in [0.15, 0.2) is 0 Å². The van der Waals surface area contributed by atoms with Gasteiger partial charge in [0, 0.05) is 12.3 Å². The van der Waals surface area contributed by atoms with Crippen LogP contribution in [0.1, 0.15) is 72.6 Å². The van der Waals surface area contributed by atoms with Gasteiger partial charge in [0.05, 0.1) is 12.2 Å². The Morgan fingerprint density at radius 3 is 2.40 bits per heavy atom. The largest absolute Gasteiger partial charge is 0.347 e. The molecule has 2 bridgehead atoms. The first-order valence-electron chi connectivity index (χ1n) is 8.64. The first-order chi connectivity index (χ1) is 9.30. The minimum absolute atomic E-state index is 0.00385. The van der Waals surface area contributed by atoms with Crippen molar-refractivity contribution in [1.29, 1.82) is 0 Å². The second-order valence-corrected chi connectivity index (χ2v) is 9.18. The van der Waals surface area contributed by atoms with E-state index < -0.39 is 0 Å². The molecule has 2 nitrogen and oxygen atoms in total. The van der Waals surface area contributed by atoms with Crippen LogP contribution in [-0.2, 0) is 9.47 Å². The lowest BCUT2D eigenvalue weighted by molar-refractivity contribution is -0.304. The highest BCUT2D eigenvalue weighted by atomic mass is 16.8. The fourth-order valence-corrected chi connectivity index (χ4v) is 6.49. The van der Waals surface area contributed by atoms with Crippen molar-refractivity contribution in [1.82, 2.24) is 0 Å². The standard InChI is InChI=1S/C18H30O2/c1-15(2)8-5-9-17(4)13(15)7-11-18-14(17)6-10-16(3,20-18)12-19-18/h13-14H,5-12H2,1-4H3. The summed E-state index contributed by atoms with van der Waals surface area (Å²) in [4.78, 5) is 0. The fraction of sp³-hybridized carbons (Fsp3) is 1.00. The maximum atomic E-state index is 6.54. The average molecular weight is 278 g/mol. The quantitative estimate of drug-likeness (QED) is 0.648. The Labute approximate surface area is 123 Å². The molecule has 5 atom stereocenters. The van der Waals surface area contributed by atoms with E-state index in [9.17, 15) is 0 Å². The highest BCUT2D eigenvalue weighted by molar-refractivity contribution is 5.11. The van der Waals surface area contributed by atoms with Gasteiger partial charge in [-0.05, 0) is 55.8 Å². The smallest absolute Gasteiger partial charge is 0.172 e. The van der Waals surface area contributed by atoms with Gasteiger partial charge in [-0.25, -0.2) is 0 Å². The molecular weight excluding hydrogens is 248 g/mol. The molecule has 114 valence electrons. The first-order valence-corrected chi connectivity index (χ1v) is 8.64.